The molecule has 0 unspecified atom stereocenters. The van der Waals surface area contributed by atoms with Crippen LogP contribution in [0, 0.1) is 6.92 Å². The van der Waals surface area contributed by atoms with E-state index in [0.29, 0.717) is 0 Å². The summed E-state index contributed by atoms with van der Waals surface area (Å²) in [6, 6.07) is 7.63. The van der Waals surface area contributed by atoms with Gasteiger partial charge in [-0.25, -0.2) is 9.13 Å². The van der Waals surface area contributed by atoms with Gasteiger partial charge in [0.1, 0.15) is 12.4 Å². The summed E-state index contributed by atoms with van der Waals surface area (Å²) in [7, 11) is 2.02. The van der Waals surface area contributed by atoms with E-state index in [1.54, 1.807) is 0 Å². The molecule has 0 aliphatic heterocycles. The van der Waals surface area contributed by atoms with Crippen LogP contribution < -0.4 is 4.57 Å². The average Bonchev–Trinajstić information content (AvgIpc) is 2.60. The van der Waals surface area contributed by atoms with Crippen LogP contribution in [0.3, 0.4) is 0 Å². The minimum absolute atomic E-state index is 0.654. The van der Waals surface area contributed by atoms with Crippen LogP contribution in [0.5, 0.6) is 0 Å². The number of hydrogen-bond acceptors (Lipinski definition) is 0. The Balaban J connectivity index is 2.68. The van der Waals surface area contributed by atoms with Gasteiger partial charge in [0.25, 0.3) is 5.82 Å². The zero-order valence-electron chi connectivity index (χ0n) is 11.4. The van der Waals surface area contributed by atoms with Crippen molar-refractivity contribution in [3.63, 3.8) is 0 Å². The van der Waals surface area contributed by atoms with Crippen molar-refractivity contribution in [1.82, 2.24) is 4.57 Å². The zero-order chi connectivity index (χ0) is 12.6. The number of nitrogens with zero attached hydrogens (tertiary/aromatic N) is 2. The average molecular weight is 216 g/mol. The minimum atomic E-state index is -0.654. The molecule has 0 aliphatic carbocycles. The van der Waals surface area contributed by atoms with E-state index in [2.05, 4.69) is 23.6 Å². The van der Waals surface area contributed by atoms with E-state index >= 15 is 0 Å². The van der Waals surface area contributed by atoms with Crippen LogP contribution in [0.25, 0.3) is 11.4 Å². The molecule has 1 aromatic carbocycles. The van der Waals surface area contributed by atoms with Crippen LogP contribution in [-0.2, 0) is 7.05 Å². The standard InChI is InChI=1S/C14H19N2/c1-11(2)16-10-9-15(4)14(16)13-8-6-5-7-12(13)3/h5-11H,1-4H3/q+1/i11D. The Morgan fingerprint density at radius 2 is 2.00 bits per heavy atom. The van der Waals surface area contributed by atoms with Crippen LogP contribution in [0.15, 0.2) is 36.7 Å². The number of rotatable bonds is 2. The molecule has 1 aromatic heterocycles. The van der Waals surface area contributed by atoms with Crippen LogP contribution in [-0.4, -0.2) is 4.57 Å². The molecular weight excluding hydrogens is 196 g/mol. The maximum absolute atomic E-state index is 8.20. The summed E-state index contributed by atoms with van der Waals surface area (Å²) in [5, 5.41) is 0. The van der Waals surface area contributed by atoms with Gasteiger partial charge in [-0.1, -0.05) is 18.2 Å². The van der Waals surface area contributed by atoms with Gasteiger partial charge >= 0.3 is 0 Å². The van der Waals surface area contributed by atoms with Gasteiger partial charge < -0.3 is 0 Å². The molecule has 0 fully saturated rings. The molecule has 2 nitrogen and oxygen atoms in total. The molecule has 0 saturated heterocycles. The van der Waals surface area contributed by atoms with Crippen LogP contribution in [0.4, 0.5) is 0 Å². The molecule has 2 aromatic rings. The van der Waals surface area contributed by atoms with E-state index in [9.17, 15) is 0 Å². The highest BCUT2D eigenvalue weighted by molar-refractivity contribution is 5.57. The van der Waals surface area contributed by atoms with Crippen LogP contribution in [0.2, 0.25) is 0 Å². The van der Waals surface area contributed by atoms with Gasteiger partial charge in [0.05, 0.1) is 20.0 Å². The predicted molar refractivity (Wildman–Crippen MR) is 66.2 cm³/mol. The molecule has 0 aliphatic rings. The van der Waals surface area contributed by atoms with Gasteiger partial charge in [-0.2, -0.15) is 0 Å². The topological polar surface area (TPSA) is 8.81 Å². The van der Waals surface area contributed by atoms with Crippen LogP contribution >= 0.6 is 0 Å². The molecule has 0 N–H and O–H groups in total. The molecule has 0 amide bonds. The first kappa shape index (κ1) is 9.64. The first-order chi connectivity index (χ1) is 7.91. The van der Waals surface area contributed by atoms with Crippen molar-refractivity contribution in [1.29, 1.82) is 0 Å². The lowest BCUT2D eigenvalue weighted by Crippen LogP contribution is -2.37. The number of aromatic nitrogens is 2. The summed E-state index contributed by atoms with van der Waals surface area (Å²) >= 11 is 0. The van der Waals surface area contributed by atoms with Crippen molar-refractivity contribution in [2.24, 2.45) is 7.05 Å². The smallest absolute Gasteiger partial charge is 0.233 e. The van der Waals surface area contributed by atoms with Crippen molar-refractivity contribution >= 4 is 0 Å². The Morgan fingerprint density at radius 1 is 1.31 bits per heavy atom. The summed E-state index contributed by atoms with van der Waals surface area (Å²) in [6.45, 7) is 5.90. The van der Waals surface area contributed by atoms with Gasteiger partial charge in [-0.05, 0) is 32.4 Å². The molecule has 0 bridgehead atoms. The van der Waals surface area contributed by atoms with E-state index in [4.69, 9.17) is 1.37 Å². The quantitative estimate of drug-likeness (QED) is 0.683. The van der Waals surface area contributed by atoms with Gasteiger partial charge in [-0.15, -0.1) is 0 Å². The number of imidazole rings is 1. The lowest BCUT2D eigenvalue weighted by molar-refractivity contribution is -0.705. The highest BCUT2D eigenvalue weighted by Crippen LogP contribution is 2.20. The second kappa shape index (κ2) is 4.12. The lowest BCUT2D eigenvalue weighted by atomic mass is 10.1. The van der Waals surface area contributed by atoms with E-state index < -0.39 is 6.02 Å². The molecular formula is C14H19N2+. The summed E-state index contributed by atoms with van der Waals surface area (Å²) in [4.78, 5) is 0. The van der Waals surface area contributed by atoms with Gasteiger partial charge in [-0.3, -0.25) is 0 Å². The third-order valence-corrected chi connectivity index (χ3v) is 2.87. The Hall–Kier alpha value is -1.57. The Kier molecular flexibility index (Phi) is 2.49. The van der Waals surface area contributed by atoms with Gasteiger partial charge in [0, 0.05) is 0 Å². The van der Waals surface area contributed by atoms with E-state index in [1.807, 2.05) is 50.0 Å². The molecule has 1 heterocycles. The van der Waals surface area contributed by atoms with Crippen molar-refractivity contribution in [2.45, 2.75) is 26.8 Å². The van der Waals surface area contributed by atoms with Crippen molar-refractivity contribution < 1.29 is 5.94 Å². The van der Waals surface area contributed by atoms with E-state index in [0.717, 1.165) is 5.82 Å². The highest BCUT2D eigenvalue weighted by atomic mass is 15.1. The van der Waals surface area contributed by atoms with E-state index in [-0.39, 0.29) is 0 Å². The second-order valence-electron chi connectivity index (χ2n) is 4.36. The SMILES string of the molecule is [2H]C(C)(C)[n+]1ccn(C)c1-c1ccccc1C. The number of hydrogen-bond donors (Lipinski definition) is 0. The molecule has 0 atom stereocenters. The fourth-order valence-electron chi connectivity index (χ4n) is 1.98. The maximum atomic E-state index is 8.20. The highest BCUT2D eigenvalue weighted by Gasteiger charge is 2.20. The van der Waals surface area contributed by atoms with Crippen molar-refractivity contribution in [2.75, 3.05) is 0 Å². The number of benzene rings is 1. The summed E-state index contributed by atoms with van der Waals surface area (Å²) in [5.41, 5.74) is 2.41. The molecule has 16 heavy (non-hydrogen) atoms. The third-order valence-electron chi connectivity index (χ3n) is 2.87. The maximum Gasteiger partial charge on any atom is 0.289 e. The molecule has 0 spiro atoms. The molecule has 0 radical (unpaired) electrons. The zero-order valence-corrected chi connectivity index (χ0v) is 10.4. The first-order valence-corrected chi connectivity index (χ1v) is 5.55. The first-order valence-electron chi connectivity index (χ1n) is 6.05. The normalized spacial score (nSPS) is 12.6. The molecule has 0 saturated carbocycles. The monoisotopic (exact) mass is 216 g/mol. The summed E-state index contributed by atoms with van der Waals surface area (Å²) in [6.07, 6.45) is 3.97. The Labute approximate surface area is 98.6 Å². The fraction of sp³-hybridized carbons (Fsp3) is 0.357. The Morgan fingerprint density at radius 3 is 2.62 bits per heavy atom. The van der Waals surface area contributed by atoms with Gasteiger partial charge in [0.2, 0.25) is 0 Å². The lowest BCUT2D eigenvalue weighted by Gasteiger charge is -2.07. The molecule has 84 valence electrons. The van der Waals surface area contributed by atoms with Crippen LogP contribution in [0.1, 0.15) is 26.8 Å². The minimum Gasteiger partial charge on any atom is -0.233 e. The van der Waals surface area contributed by atoms with Crippen molar-refractivity contribution in [3.8, 4) is 11.4 Å². The molecule has 2 heteroatoms. The fourth-order valence-corrected chi connectivity index (χ4v) is 1.98. The second-order valence-corrected chi connectivity index (χ2v) is 4.36. The summed E-state index contributed by atoms with van der Waals surface area (Å²) in [5.74, 6) is 1.07. The predicted octanol–water partition coefficient (Wildman–Crippen LogP) is 2.87. The largest absolute Gasteiger partial charge is 0.289 e. The molecule has 2 rings (SSSR count). The summed E-state index contributed by atoms with van der Waals surface area (Å²) < 4.78 is 12.3. The van der Waals surface area contributed by atoms with Gasteiger partial charge in [0.15, 0.2) is 0 Å². The third kappa shape index (κ3) is 1.75. The van der Waals surface area contributed by atoms with Crippen molar-refractivity contribution in [3.05, 3.63) is 42.2 Å². The Bertz CT molecular complexity index is 535. The van der Waals surface area contributed by atoms with E-state index in [1.165, 1.54) is 11.1 Å². The number of aryl methyl sites for hydroxylation is 2.